The molecule has 3 rings (SSSR count). The molecule has 1 heterocycles. The van der Waals surface area contributed by atoms with Gasteiger partial charge in [0.1, 0.15) is 11.9 Å². The lowest BCUT2D eigenvalue weighted by atomic mass is 10.0. The lowest BCUT2D eigenvalue weighted by molar-refractivity contribution is -0.114. The zero-order valence-electron chi connectivity index (χ0n) is 16.2. The zero-order chi connectivity index (χ0) is 21.5. The summed E-state index contributed by atoms with van der Waals surface area (Å²) in [7, 11) is 0. The van der Waals surface area contributed by atoms with E-state index in [-0.39, 0.29) is 5.91 Å². The van der Waals surface area contributed by atoms with E-state index in [0.29, 0.717) is 40.2 Å². The van der Waals surface area contributed by atoms with E-state index in [2.05, 4.69) is 20.9 Å². The van der Waals surface area contributed by atoms with Gasteiger partial charge in [-0.15, -0.1) is 0 Å². The molecule has 30 heavy (non-hydrogen) atoms. The highest BCUT2D eigenvalue weighted by Gasteiger charge is 2.12. The Morgan fingerprint density at radius 3 is 2.50 bits per heavy atom. The van der Waals surface area contributed by atoms with E-state index in [1.54, 1.807) is 24.3 Å². The normalized spacial score (nSPS) is 10.2. The molecular formula is C22H19Cl2N5O. The molecule has 0 unspecified atom stereocenters. The quantitative estimate of drug-likeness (QED) is 0.428. The van der Waals surface area contributed by atoms with Crippen molar-refractivity contribution in [3.63, 3.8) is 0 Å². The summed E-state index contributed by atoms with van der Waals surface area (Å²) in [5, 5.41) is 19.2. The highest BCUT2D eigenvalue weighted by atomic mass is 35.5. The highest BCUT2D eigenvalue weighted by molar-refractivity contribution is 6.36. The minimum atomic E-state index is -0.166. The Labute approximate surface area is 184 Å². The van der Waals surface area contributed by atoms with Crippen molar-refractivity contribution < 1.29 is 4.79 Å². The Balaban J connectivity index is 1.72. The van der Waals surface area contributed by atoms with E-state index in [4.69, 9.17) is 28.5 Å². The molecule has 2 aromatic carbocycles. The van der Waals surface area contributed by atoms with Crippen LogP contribution in [0.1, 0.15) is 12.5 Å². The second-order valence-electron chi connectivity index (χ2n) is 6.46. The Hall–Kier alpha value is -3.27. The summed E-state index contributed by atoms with van der Waals surface area (Å²) in [6, 6.07) is 16.4. The number of rotatable bonds is 7. The summed E-state index contributed by atoms with van der Waals surface area (Å²) in [4.78, 5) is 15.8. The first-order chi connectivity index (χ1) is 14.5. The van der Waals surface area contributed by atoms with Crippen molar-refractivity contribution in [3.05, 3.63) is 70.3 Å². The number of hydrogen-bond acceptors (Lipinski definition) is 5. The summed E-state index contributed by atoms with van der Waals surface area (Å²) >= 11 is 12.4. The average molecular weight is 440 g/mol. The van der Waals surface area contributed by atoms with Gasteiger partial charge in [0, 0.05) is 58.8 Å². The van der Waals surface area contributed by atoms with E-state index in [1.165, 1.54) is 13.1 Å². The Morgan fingerprint density at radius 2 is 1.83 bits per heavy atom. The molecule has 152 valence electrons. The predicted octanol–water partition coefficient (Wildman–Crippen LogP) is 5.41. The number of aromatic nitrogens is 1. The Kier molecular flexibility index (Phi) is 7.12. The van der Waals surface area contributed by atoms with Gasteiger partial charge in [0.2, 0.25) is 5.91 Å². The van der Waals surface area contributed by atoms with Crippen molar-refractivity contribution in [1.82, 2.24) is 4.98 Å². The molecule has 1 amide bonds. The number of carbonyl (C=O) groups is 1. The van der Waals surface area contributed by atoms with E-state index in [9.17, 15) is 4.79 Å². The third-order valence-electron chi connectivity index (χ3n) is 4.20. The molecule has 1 aromatic heterocycles. The number of amides is 1. The van der Waals surface area contributed by atoms with Crippen LogP contribution >= 0.6 is 23.2 Å². The summed E-state index contributed by atoms with van der Waals surface area (Å²) < 4.78 is 0. The third kappa shape index (κ3) is 5.63. The van der Waals surface area contributed by atoms with Gasteiger partial charge in [-0.05, 0) is 42.5 Å². The van der Waals surface area contributed by atoms with Crippen LogP contribution in [0.5, 0.6) is 0 Å². The number of nitrogens with one attached hydrogen (secondary N) is 3. The van der Waals surface area contributed by atoms with Gasteiger partial charge >= 0.3 is 0 Å². The molecule has 6 nitrogen and oxygen atoms in total. The molecular weight excluding hydrogens is 421 g/mol. The minimum absolute atomic E-state index is 0.166. The number of nitriles is 1. The van der Waals surface area contributed by atoms with Gasteiger partial charge in [-0.25, -0.2) is 4.98 Å². The molecule has 0 saturated heterocycles. The zero-order valence-corrected chi connectivity index (χ0v) is 17.7. The van der Waals surface area contributed by atoms with E-state index in [1.807, 2.05) is 30.3 Å². The summed E-state index contributed by atoms with van der Waals surface area (Å²) in [6.07, 6.45) is 1.53. The maximum atomic E-state index is 11.6. The SMILES string of the molecule is CC(=O)Nc1ccc(NCCNc2ccc(C#N)cn2)cc1-c1ccc(Cl)cc1Cl. The maximum Gasteiger partial charge on any atom is 0.221 e. The number of carbonyl (C=O) groups excluding carboxylic acids is 1. The largest absolute Gasteiger partial charge is 0.383 e. The topological polar surface area (TPSA) is 89.8 Å². The molecule has 3 aromatic rings. The third-order valence-corrected chi connectivity index (χ3v) is 4.75. The van der Waals surface area contributed by atoms with E-state index in [0.717, 1.165) is 16.8 Å². The Morgan fingerprint density at radius 1 is 1.03 bits per heavy atom. The Bertz CT molecular complexity index is 1090. The minimum Gasteiger partial charge on any atom is -0.383 e. The van der Waals surface area contributed by atoms with Crippen molar-refractivity contribution in [2.75, 3.05) is 29.0 Å². The first kappa shape index (κ1) is 21.4. The van der Waals surface area contributed by atoms with Crippen LogP contribution in [0.25, 0.3) is 11.1 Å². The van der Waals surface area contributed by atoms with Gasteiger partial charge in [-0.3, -0.25) is 4.79 Å². The molecule has 0 aliphatic heterocycles. The van der Waals surface area contributed by atoms with Crippen molar-refractivity contribution in [2.45, 2.75) is 6.92 Å². The second kappa shape index (κ2) is 9.97. The van der Waals surface area contributed by atoms with E-state index < -0.39 is 0 Å². The fourth-order valence-electron chi connectivity index (χ4n) is 2.85. The number of nitrogens with zero attached hydrogens (tertiary/aromatic N) is 2. The molecule has 8 heteroatoms. The number of anilines is 3. The van der Waals surface area contributed by atoms with Crippen molar-refractivity contribution >= 4 is 46.3 Å². The fraction of sp³-hybridized carbons (Fsp3) is 0.136. The molecule has 0 atom stereocenters. The second-order valence-corrected chi connectivity index (χ2v) is 7.31. The molecule has 0 saturated carbocycles. The van der Waals surface area contributed by atoms with Gasteiger partial charge in [0.05, 0.1) is 5.56 Å². The van der Waals surface area contributed by atoms with Gasteiger partial charge in [-0.2, -0.15) is 5.26 Å². The van der Waals surface area contributed by atoms with E-state index >= 15 is 0 Å². The number of pyridine rings is 1. The van der Waals surface area contributed by atoms with Crippen molar-refractivity contribution in [1.29, 1.82) is 5.26 Å². The predicted molar refractivity (Wildman–Crippen MR) is 122 cm³/mol. The van der Waals surface area contributed by atoms with Crippen LogP contribution in [-0.2, 0) is 4.79 Å². The standard InChI is InChI=1S/C22H19Cl2N5O/c1-14(30)29-21-6-4-17(11-19(21)18-5-3-16(23)10-20(18)24)26-8-9-27-22-7-2-15(12-25)13-28-22/h2-7,10-11,13,26H,8-9H2,1H3,(H,27,28)(H,29,30). The summed E-state index contributed by atoms with van der Waals surface area (Å²) in [6.45, 7) is 2.72. The monoisotopic (exact) mass is 439 g/mol. The van der Waals surface area contributed by atoms with Crippen LogP contribution in [0.15, 0.2) is 54.7 Å². The average Bonchev–Trinajstić information content (AvgIpc) is 2.72. The van der Waals surface area contributed by atoms with Crippen LogP contribution < -0.4 is 16.0 Å². The van der Waals surface area contributed by atoms with Crippen molar-refractivity contribution in [2.24, 2.45) is 0 Å². The molecule has 0 spiro atoms. The van der Waals surface area contributed by atoms with Gasteiger partial charge in [0.15, 0.2) is 0 Å². The van der Waals surface area contributed by atoms with Gasteiger partial charge < -0.3 is 16.0 Å². The lowest BCUT2D eigenvalue weighted by Crippen LogP contribution is -2.14. The van der Waals surface area contributed by atoms with Crippen LogP contribution in [0.3, 0.4) is 0 Å². The number of halogens is 2. The smallest absolute Gasteiger partial charge is 0.221 e. The van der Waals surface area contributed by atoms with Crippen molar-refractivity contribution in [3.8, 4) is 17.2 Å². The van der Waals surface area contributed by atoms with Crippen LogP contribution in [0.4, 0.5) is 17.2 Å². The summed E-state index contributed by atoms with van der Waals surface area (Å²) in [5.74, 6) is 0.534. The highest BCUT2D eigenvalue weighted by Crippen LogP contribution is 2.36. The number of hydrogen-bond donors (Lipinski definition) is 3. The lowest BCUT2D eigenvalue weighted by Gasteiger charge is -2.15. The molecule has 0 radical (unpaired) electrons. The van der Waals surface area contributed by atoms with Crippen LogP contribution in [-0.4, -0.2) is 24.0 Å². The first-order valence-corrected chi connectivity index (χ1v) is 9.93. The van der Waals surface area contributed by atoms with Gasteiger partial charge in [0.25, 0.3) is 0 Å². The summed E-state index contributed by atoms with van der Waals surface area (Å²) in [5.41, 5.74) is 3.62. The molecule has 0 aliphatic carbocycles. The molecule has 0 bridgehead atoms. The fourth-order valence-corrected chi connectivity index (χ4v) is 3.36. The molecule has 3 N–H and O–H groups in total. The maximum absolute atomic E-state index is 11.6. The first-order valence-electron chi connectivity index (χ1n) is 9.17. The number of benzene rings is 2. The van der Waals surface area contributed by atoms with Crippen LogP contribution in [0, 0.1) is 11.3 Å². The molecule has 0 fully saturated rings. The van der Waals surface area contributed by atoms with Crippen LogP contribution in [0.2, 0.25) is 10.0 Å². The van der Waals surface area contributed by atoms with Gasteiger partial charge in [-0.1, -0.05) is 29.3 Å². The molecule has 0 aliphatic rings.